The largest absolute Gasteiger partial charge is 0.419 e. The van der Waals surface area contributed by atoms with Crippen molar-refractivity contribution in [2.24, 2.45) is 0 Å². The van der Waals surface area contributed by atoms with Crippen LogP contribution in [0.25, 0.3) is 11.1 Å². The average Bonchev–Trinajstić information content (AvgIpc) is 2.87. The summed E-state index contributed by atoms with van der Waals surface area (Å²) in [5.41, 5.74) is 1.05. The summed E-state index contributed by atoms with van der Waals surface area (Å²) < 4.78 is 33.1. The molecule has 0 aliphatic rings. The van der Waals surface area contributed by atoms with E-state index in [1.807, 2.05) is 0 Å². The highest BCUT2D eigenvalue weighted by molar-refractivity contribution is 6.31. The van der Waals surface area contributed by atoms with Gasteiger partial charge in [0.25, 0.3) is 0 Å². The highest BCUT2D eigenvalue weighted by atomic mass is 35.5. The van der Waals surface area contributed by atoms with Crippen LogP contribution in [-0.2, 0) is 11.3 Å². The van der Waals surface area contributed by atoms with Gasteiger partial charge in [-0.3, -0.25) is 9.36 Å². The van der Waals surface area contributed by atoms with Crippen LogP contribution < -0.4 is 11.1 Å². The molecule has 1 N–H and O–H groups in total. The maximum absolute atomic E-state index is 13.8. The van der Waals surface area contributed by atoms with Gasteiger partial charge in [0.15, 0.2) is 5.58 Å². The molecule has 0 saturated carbocycles. The predicted octanol–water partition coefficient (Wildman–Crippen LogP) is 3.79. The summed E-state index contributed by atoms with van der Waals surface area (Å²) in [6.45, 7) is 1.69. The van der Waals surface area contributed by atoms with Crippen LogP contribution in [0.1, 0.15) is 24.9 Å². The van der Waals surface area contributed by atoms with Crippen LogP contribution in [-0.4, -0.2) is 10.5 Å². The zero-order valence-corrected chi connectivity index (χ0v) is 14.5. The fourth-order valence-corrected chi connectivity index (χ4v) is 2.87. The Labute approximate surface area is 152 Å². The van der Waals surface area contributed by atoms with Gasteiger partial charge in [0, 0.05) is 35.7 Å². The van der Waals surface area contributed by atoms with Crippen molar-refractivity contribution >= 4 is 28.6 Å². The van der Waals surface area contributed by atoms with Gasteiger partial charge in [0.2, 0.25) is 5.91 Å². The molecule has 5 nitrogen and oxygen atoms in total. The minimum absolute atomic E-state index is 0.00960. The number of fused-ring (bicyclic) bond motifs is 1. The second-order valence-electron chi connectivity index (χ2n) is 5.84. The monoisotopic (exact) mass is 380 g/mol. The van der Waals surface area contributed by atoms with Crippen molar-refractivity contribution in [3.05, 3.63) is 69.2 Å². The van der Waals surface area contributed by atoms with Gasteiger partial charge in [0.05, 0.1) is 11.6 Å². The van der Waals surface area contributed by atoms with Crippen molar-refractivity contribution in [2.45, 2.75) is 25.9 Å². The first kappa shape index (κ1) is 18.1. The van der Waals surface area contributed by atoms with Crippen molar-refractivity contribution < 1.29 is 18.0 Å². The lowest BCUT2D eigenvalue weighted by atomic mass is 10.1. The normalized spacial score (nSPS) is 12.3. The molecule has 1 atom stereocenters. The Morgan fingerprint density at radius 1 is 1.27 bits per heavy atom. The Hall–Kier alpha value is -2.67. The summed E-state index contributed by atoms with van der Waals surface area (Å²) in [4.78, 5) is 24.0. The van der Waals surface area contributed by atoms with Crippen LogP contribution in [0.4, 0.5) is 8.78 Å². The van der Waals surface area contributed by atoms with E-state index < -0.39 is 23.4 Å². The van der Waals surface area contributed by atoms with E-state index in [-0.39, 0.29) is 24.4 Å². The topological polar surface area (TPSA) is 64.2 Å². The van der Waals surface area contributed by atoms with Gasteiger partial charge >= 0.3 is 5.76 Å². The highest BCUT2D eigenvalue weighted by Gasteiger charge is 2.16. The number of carbonyl (C=O) groups excluding carboxylic acids is 1. The van der Waals surface area contributed by atoms with E-state index in [2.05, 4.69) is 5.32 Å². The van der Waals surface area contributed by atoms with Crippen LogP contribution in [0.15, 0.2) is 45.6 Å². The van der Waals surface area contributed by atoms with Crippen LogP contribution in [0.5, 0.6) is 0 Å². The van der Waals surface area contributed by atoms with Crippen molar-refractivity contribution in [3.8, 4) is 0 Å². The molecule has 0 aliphatic heterocycles. The molecule has 1 aromatic heterocycles. The lowest BCUT2D eigenvalue weighted by Crippen LogP contribution is -2.29. The van der Waals surface area contributed by atoms with Gasteiger partial charge in [0.1, 0.15) is 11.6 Å². The molecule has 8 heteroatoms. The summed E-state index contributed by atoms with van der Waals surface area (Å²) in [6.07, 6.45) is -0.00960. The Morgan fingerprint density at radius 3 is 2.77 bits per heavy atom. The second-order valence-corrected chi connectivity index (χ2v) is 6.27. The maximum atomic E-state index is 13.8. The maximum Gasteiger partial charge on any atom is 0.419 e. The van der Waals surface area contributed by atoms with Crippen molar-refractivity contribution in [2.75, 3.05) is 0 Å². The lowest BCUT2D eigenvalue weighted by molar-refractivity contribution is -0.121. The number of aryl methyl sites for hydroxylation is 1. The van der Waals surface area contributed by atoms with E-state index in [4.69, 9.17) is 16.0 Å². The van der Waals surface area contributed by atoms with Gasteiger partial charge < -0.3 is 9.73 Å². The fraction of sp³-hybridized carbons (Fsp3) is 0.222. The number of benzene rings is 2. The minimum atomic E-state index is -0.730. The smallest absolute Gasteiger partial charge is 0.408 e. The fourth-order valence-electron chi connectivity index (χ4n) is 2.71. The first-order valence-corrected chi connectivity index (χ1v) is 8.26. The summed E-state index contributed by atoms with van der Waals surface area (Å²) in [5, 5.41) is 3.06. The molecular formula is C18H15ClF2N2O3. The van der Waals surface area contributed by atoms with Crippen molar-refractivity contribution in [3.63, 3.8) is 0 Å². The molecule has 1 heterocycles. The number of carbonyl (C=O) groups is 1. The van der Waals surface area contributed by atoms with Crippen molar-refractivity contribution in [1.29, 1.82) is 0 Å². The molecule has 0 unspecified atom stereocenters. The molecule has 0 fully saturated rings. The molecule has 3 aromatic rings. The quantitative estimate of drug-likeness (QED) is 0.732. The SMILES string of the molecule is C[C@H](NC(=O)CCn1c(=O)oc2cc(Cl)ccc21)c1ccc(F)cc1F. The summed E-state index contributed by atoms with van der Waals surface area (Å²) >= 11 is 5.86. The minimum Gasteiger partial charge on any atom is -0.408 e. The number of rotatable bonds is 5. The second kappa shape index (κ2) is 7.29. The molecule has 0 bridgehead atoms. The van der Waals surface area contributed by atoms with E-state index in [9.17, 15) is 18.4 Å². The number of aromatic nitrogens is 1. The highest BCUT2D eigenvalue weighted by Crippen LogP contribution is 2.19. The third kappa shape index (κ3) is 3.77. The number of hydrogen-bond donors (Lipinski definition) is 1. The van der Waals surface area contributed by atoms with Crippen molar-refractivity contribution in [1.82, 2.24) is 9.88 Å². The van der Waals surface area contributed by atoms with Gasteiger partial charge in [-0.2, -0.15) is 0 Å². The van der Waals surface area contributed by atoms with Crippen LogP contribution in [0.2, 0.25) is 5.02 Å². The number of nitrogens with one attached hydrogen (secondary N) is 1. The third-order valence-electron chi connectivity index (χ3n) is 4.00. The Kier molecular flexibility index (Phi) is 5.08. The molecular weight excluding hydrogens is 366 g/mol. The molecule has 26 heavy (non-hydrogen) atoms. The van der Waals surface area contributed by atoms with Gasteiger partial charge in [-0.1, -0.05) is 17.7 Å². The van der Waals surface area contributed by atoms with Gasteiger partial charge in [-0.15, -0.1) is 0 Å². The Morgan fingerprint density at radius 2 is 2.04 bits per heavy atom. The molecule has 0 aliphatic carbocycles. The van der Waals surface area contributed by atoms with E-state index in [1.54, 1.807) is 19.1 Å². The number of oxazole rings is 1. The summed E-state index contributed by atoms with van der Waals surface area (Å²) in [6, 6.07) is 7.32. The number of hydrogen-bond acceptors (Lipinski definition) is 3. The molecule has 0 saturated heterocycles. The number of amides is 1. The van der Waals surface area contributed by atoms with Crippen LogP contribution in [0.3, 0.4) is 0 Å². The zero-order chi connectivity index (χ0) is 18.8. The third-order valence-corrected chi connectivity index (χ3v) is 4.23. The number of nitrogens with zero attached hydrogens (tertiary/aromatic N) is 1. The van der Waals surface area contributed by atoms with E-state index >= 15 is 0 Å². The summed E-state index contributed by atoms with van der Waals surface area (Å²) in [5.74, 6) is -2.38. The Bertz CT molecular complexity index is 1030. The summed E-state index contributed by atoms with van der Waals surface area (Å²) in [7, 11) is 0. The molecule has 0 radical (unpaired) electrons. The predicted molar refractivity (Wildman–Crippen MR) is 93.0 cm³/mol. The van der Waals surface area contributed by atoms with E-state index in [0.717, 1.165) is 12.1 Å². The molecule has 2 aromatic carbocycles. The van der Waals surface area contributed by atoms with Gasteiger partial charge in [-0.25, -0.2) is 13.6 Å². The Balaban J connectivity index is 1.68. The zero-order valence-electron chi connectivity index (χ0n) is 13.8. The van der Waals surface area contributed by atoms with E-state index in [1.165, 1.54) is 16.7 Å². The van der Waals surface area contributed by atoms with Crippen LogP contribution in [0, 0.1) is 11.6 Å². The first-order chi connectivity index (χ1) is 12.3. The molecule has 136 valence electrons. The van der Waals surface area contributed by atoms with Crippen LogP contribution >= 0.6 is 11.6 Å². The lowest BCUT2D eigenvalue weighted by Gasteiger charge is -2.15. The molecule has 0 spiro atoms. The van der Waals surface area contributed by atoms with Gasteiger partial charge in [-0.05, 0) is 25.1 Å². The van der Waals surface area contributed by atoms with E-state index in [0.29, 0.717) is 16.1 Å². The molecule has 1 amide bonds. The average molecular weight is 381 g/mol. The first-order valence-electron chi connectivity index (χ1n) is 7.88. The standard InChI is InChI=1S/C18H15ClF2N2O3/c1-10(13-4-3-12(20)9-14(13)21)22-17(24)6-7-23-15-5-2-11(19)8-16(15)26-18(23)25/h2-5,8-10H,6-7H2,1H3,(H,22,24)/t10-/m0/s1. The number of halogens is 3. The molecule has 3 rings (SSSR count).